The lowest BCUT2D eigenvalue weighted by Gasteiger charge is -2.10. The first-order valence-electron chi connectivity index (χ1n) is 7.83. The number of carbonyl (C=O) groups is 1. The van der Waals surface area contributed by atoms with Crippen LogP contribution in [0.4, 0.5) is 0 Å². The summed E-state index contributed by atoms with van der Waals surface area (Å²) in [6.07, 6.45) is 3.30. The maximum absolute atomic E-state index is 12.7. The highest BCUT2D eigenvalue weighted by Crippen LogP contribution is 2.28. The standard InChI is InChI=1S/C17H19BrN2O3/c1-2-23-7-3-5-19-17(22)14-10-20-6-4-11-8-12(18)9-13(15(11)20)16(14)21/h8-10H,2-7H2,1H3,(H,19,22). The predicted molar refractivity (Wildman–Crippen MR) is 93.1 cm³/mol. The summed E-state index contributed by atoms with van der Waals surface area (Å²) in [5, 5.41) is 3.41. The number of benzene rings is 1. The number of halogens is 1. The number of nitrogens with zero attached hydrogens (tertiary/aromatic N) is 1. The summed E-state index contributed by atoms with van der Waals surface area (Å²) in [5.74, 6) is -0.314. The summed E-state index contributed by atoms with van der Waals surface area (Å²) in [5.41, 5.74) is 2.10. The third-order valence-electron chi connectivity index (χ3n) is 4.04. The highest BCUT2D eigenvalue weighted by molar-refractivity contribution is 9.10. The third kappa shape index (κ3) is 3.19. The Morgan fingerprint density at radius 3 is 3.04 bits per heavy atom. The molecule has 0 aliphatic carbocycles. The van der Waals surface area contributed by atoms with Gasteiger partial charge >= 0.3 is 0 Å². The number of ether oxygens (including phenoxy) is 1. The number of aromatic nitrogens is 1. The summed E-state index contributed by atoms with van der Waals surface area (Å²) in [6, 6.07) is 3.84. The predicted octanol–water partition coefficient (Wildman–Crippen LogP) is 2.48. The van der Waals surface area contributed by atoms with E-state index in [1.165, 1.54) is 0 Å². The van der Waals surface area contributed by atoms with Crippen molar-refractivity contribution >= 4 is 32.7 Å². The molecule has 2 aromatic rings. The summed E-state index contributed by atoms with van der Waals surface area (Å²) in [4.78, 5) is 25.0. The van der Waals surface area contributed by atoms with Crippen LogP contribution in [0, 0.1) is 0 Å². The molecule has 0 fully saturated rings. The fraction of sp³-hybridized carbons (Fsp3) is 0.412. The second-order valence-corrected chi connectivity index (χ2v) is 6.50. The van der Waals surface area contributed by atoms with E-state index < -0.39 is 0 Å². The molecule has 1 aromatic carbocycles. The largest absolute Gasteiger partial charge is 0.382 e. The van der Waals surface area contributed by atoms with Gasteiger partial charge in [0.25, 0.3) is 5.91 Å². The highest BCUT2D eigenvalue weighted by atomic mass is 79.9. The average Bonchev–Trinajstić information content (AvgIpc) is 2.93. The number of hydrogen-bond acceptors (Lipinski definition) is 3. The van der Waals surface area contributed by atoms with Gasteiger partial charge in [-0.25, -0.2) is 0 Å². The van der Waals surface area contributed by atoms with Crippen molar-refractivity contribution in [2.75, 3.05) is 19.8 Å². The van der Waals surface area contributed by atoms with Gasteiger partial charge in [0.05, 0.1) is 5.52 Å². The number of rotatable bonds is 6. The number of carbonyl (C=O) groups excluding carboxylic acids is 1. The van der Waals surface area contributed by atoms with E-state index >= 15 is 0 Å². The fourth-order valence-corrected chi connectivity index (χ4v) is 3.48. The molecule has 3 rings (SSSR count). The Morgan fingerprint density at radius 1 is 1.43 bits per heavy atom. The molecule has 0 spiro atoms. The molecule has 1 aliphatic heterocycles. The van der Waals surface area contributed by atoms with Crippen molar-refractivity contribution in [3.63, 3.8) is 0 Å². The zero-order valence-electron chi connectivity index (χ0n) is 13.0. The van der Waals surface area contributed by atoms with E-state index in [1.54, 1.807) is 12.3 Å². The molecule has 0 unspecified atom stereocenters. The number of pyridine rings is 1. The van der Waals surface area contributed by atoms with E-state index in [9.17, 15) is 9.59 Å². The van der Waals surface area contributed by atoms with Crippen molar-refractivity contribution in [3.05, 3.63) is 44.2 Å². The summed E-state index contributed by atoms with van der Waals surface area (Å²) >= 11 is 3.45. The molecule has 1 aliphatic rings. The zero-order chi connectivity index (χ0) is 16.4. The maximum atomic E-state index is 12.7. The van der Waals surface area contributed by atoms with Crippen LogP contribution in [-0.4, -0.2) is 30.2 Å². The molecule has 1 aromatic heterocycles. The Balaban J connectivity index is 1.87. The minimum Gasteiger partial charge on any atom is -0.382 e. The van der Waals surface area contributed by atoms with Crippen molar-refractivity contribution in [2.24, 2.45) is 0 Å². The van der Waals surface area contributed by atoms with Gasteiger partial charge in [0, 0.05) is 42.4 Å². The molecule has 0 saturated heterocycles. The molecule has 122 valence electrons. The first-order chi connectivity index (χ1) is 11.1. The maximum Gasteiger partial charge on any atom is 0.256 e. The van der Waals surface area contributed by atoms with Gasteiger partial charge < -0.3 is 14.6 Å². The minimum absolute atomic E-state index is 0.206. The van der Waals surface area contributed by atoms with E-state index in [-0.39, 0.29) is 16.9 Å². The molecular weight excluding hydrogens is 360 g/mol. The molecule has 0 atom stereocenters. The van der Waals surface area contributed by atoms with Gasteiger partial charge in [-0.15, -0.1) is 0 Å². The topological polar surface area (TPSA) is 60.3 Å². The number of nitrogens with one attached hydrogen (secondary N) is 1. The van der Waals surface area contributed by atoms with Gasteiger partial charge in [0.15, 0.2) is 0 Å². The quantitative estimate of drug-likeness (QED) is 0.785. The number of amides is 1. The van der Waals surface area contributed by atoms with Crippen molar-refractivity contribution in [3.8, 4) is 0 Å². The lowest BCUT2D eigenvalue weighted by atomic mass is 10.1. The molecule has 1 N–H and O–H groups in total. The first kappa shape index (κ1) is 16.2. The number of aryl methyl sites for hydroxylation is 2. The molecule has 1 amide bonds. The third-order valence-corrected chi connectivity index (χ3v) is 4.49. The summed E-state index contributed by atoms with van der Waals surface area (Å²) < 4.78 is 8.12. The van der Waals surface area contributed by atoms with Crippen LogP contribution < -0.4 is 10.7 Å². The Labute approximate surface area is 142 Å². The fourth-order valence-electron chi connectivity index (χ4n) is 2.98. The molecule has 0 saturated carbocycles. The van der Waals surface area contributed by atoms with Crippen molar-refractivity contribution in [1.82, 2.24) is 9.88 Å². The zero-order valence-corrected chi connectivity index (χ0v) is 14.6. The van der Waals surface area contributed by atoms with Gasteiger partial charge in [-0.05, 0) is 37.5 Å². The van der Waals surface area contributed by atoms with E-state index in [0.717, 1.165) is 34.9 Å². The second-order valence-electron chi connectivity index (χ2n) is 5.58. The SMILES string of the molecule is CCOCCCNC(=O)c1cn2c3c(cc(Br)cc3c1=O)CC2. The number of hydrogen-bond donors (Lipinski definition) is 1. The highest BCUT2D eigenvalue weighted by Gasteiger charge is 2.21. The Bertz CT molecular complexity index is 814. The van der Waals surface area contributed by atoms with Gasteiger partial charge in [-0.2, -0.15) is 0 Å². The van der Waals surface area contributed by atoms with Gasteiger partial charge in [-0.1, -0.05) is 15.9 Å². The second kappa shape index (κ2) is 6.84. The van der Waals surface area contributed by atoms with Gasteiger partial charge in [0.2, 0.25) is 5.43 Å². The van der Waals surface area contributed by atoms with Crippen LogP contribution in [0.2, 0.25) is 0 Å². The normalized spacial score (nSPS) is 12.8. The molecular formula is C17H19BrN2O3. The molecule has 5 nitrogen and oxygen atoms in total. The van der Waals surface area contributed by atoms with Crippen molar-refractivity contribution in [1.29, 1.82) is 0 Å². The van der Waals surface area contributed by atoms with Crippen LogP contribution in [0.3, 0.4) is 0 Å². The van der Waals surface area contributed by atoms with Crippen LogP contribution >= 0.6 is 15.9 Å². The molecule has 0 bridgehead atoms. The Hall–Kier alpha value is -1.66. The summed E-state index contributed by atoms with van der Waals surface area (Å²) in [7, 11) is 0. The molecule has 2 heterocycles. The lowest BCUT2D eigenvalue weighted by molar-refractivity contribution is 0.0942. The summed E-state index contributed by atoms with van der Waals surface area (Å²) in [6.45, 7) is 4.51. The Kier molecular flexibility index (Phi) is 4.82. The van der Waals surface area contributed by atoms with Crippen LogP contribution in [0.25, 0.3) is 10.9 Å². The lowest BCUT2D eigenvalue weighted by Crippen LogP contribution is -2.30. The minimum atomic E-state index is -0.314. The van der Waals surface area contributed by atoms with E-state index in [4.69, 9.17) is 4.74 Å². The van der Waals surface area contributed by atoms with Crippen molar-refractivity contribution in [2.45, 2.75) is 26.3 Å². The van der Waals surface area contributed by atoms with Crippen molar-refractivity contribution < 1.29 is 9.53 Å². The average molecular weight is 379 g/mol. The Morgan fingerprint density at radius 2 is 2.26 bits per heavy atom. The monoisotopic (exact) mass is 378 g/mol. The van der Waals surface area contributed by atoms with Gasteiger partial charge in [-0.3, -0.25) is 9.59 Å². The van der Waals surface area contributed by atoms with Crippen LogP contribution in [0.1, 0.15) is 29.3 Å². The van der Waals surface area contributed by atoms with E-state index in [0.29, 0.717) is 25.1 Å². The van der Waals surface area contributed by atoms with Crippen LogP contribution in [0.15, 0.2) is 27.6 Å². The van der Waals surface area contributed by atoms with E-state index in [2.05, 4.69) is 21.2 Å². The van der Waals surface area contributed by atoms with Crippen LogP contribution in [-0.2, 0) is 17.7 Å². The smallest absolute Gasteiger partial charge is 0.256 e. The van der Waals surface area contributed by atoms with Crippen LogP contribution in [0.5, 0.6) is 0 Å². The van der Waals surface area contributed by atoms with Gasteiger partial charge in [0.1, 0.15) is 5.56 Å². The molecule has 6 heteroatoms. The molecule has 0 radical (unpaired) electrons. The van der Waals surface area contributed by atoms with E-state index in [1.807, 2.05) is 17.6 Å². The first-order valence-corrected chi connectivity index (χ1v) is 8.62. The molecule has 23 heavy (non-hydrogen) atoms.